The monoisotopic (exact) mass is 645 g/mol. The minimum Gasteiger partial charge on any atom is -0.480 e. The molecule has 2 heterocycles. The maximum absolute atomic E-state index is 12.6. The number of H-pyrrole nitrogens is 1. The second kappa shape index (κ2) is 23.7. The summed E-state index contributed by atoms with van der Waals surface area (Å²) in [5, 5.41) is 38.2. The lowest BCUT2D eigenvalue weighted by Gasteiger charge is -2.20. The fourth-order valence-electron chi connectivity index (χ4n) is 5.53. The molecule has 0 bridgehead atoms. The van der Waals surface area contributed by atoms with Crippen molar-refractivity contribution in [1.29, 1.82) is 0 Å². The predicted octanol–water partition coefficient (Wildman–Crippen LogP) is 5.38. The minimum atomic E-state index is -1.13. The smallest absolute Gasteiger partial charge is 0.323 e. The third-order valence-electron chi connectivity index (χ3n) is 8.52. The van der Waals surface area contributed by atoms with Crippen molar-refractivity contribution in [3.05, 3.63) is 5.82 Å². The van der Waals surface area contributed by atoms with Crippen LogP contribution in [0.1, 0.15) is 141 Å². The van der Waals surface area contributed by atoms with E-state index in [1.807, 2.05) is 6.92 Å². The van der Waals surface area contributed by atoms with E-state index in [1.54, 1.807) is 6.92 Å². The molecule has 0 aliphatic carbocycles. The highest BCUT2D eigenvalue weighted by atomic mass is 16.4. The molecule has 1 aliphatic heterocycles. The summed E-state index contributed by atoms with van der Waals surface area (Å²) >= 11 is 0. The standard InChI is InChI=1S/C32H55N9O5/c1-25(26(2)42)18-16-17-21-33-29(43)23-41(24-31(45)46)30(44)20-15-13-11-9-7-5-3-4-6-8-10-12-14-19-27(28-22-34-38-35-28)32-36-39-40-37-32/h25,27H,3-24H2,1-2H3,(H,33,43)(H,45,46)(H,36,37,39,40)/t25-,27?/m0/s1. The van der Waals surface area contributed by atoms with Crippen molar-refractivity contribution in [3.8, 4) is 0 Å². The summed E-state index contributed by atoms with van der Waals surface area (Å²) in [6.45, 7) is 3.70. The normalized spacial score (nSPS) is 13.7. The molecule has 2 atom stereocenters. The van der Waals surface area contributed by atoms with Crippen LogP contribution in [-0.4, -0.2) is 86.1 Å². The second-order valence-corrected chi connectivity index (χ2v) is 12.4. The summed E-state index contributed by atoms with van der Waals surface area (Å²) in [6, 6.07) is 0. The van der Waals surface area contributed by atoms with Crippen LogP contribution in [0, 0.1) is 5.92 Å². The van der Waals surface area contributed by atoms with E-state index in [1.165, 1.54) is 51.4 Å². The number of aliphatic carboxylic acids is 1. The predicted molar refractivity (Wildman–Crippen MR) is 174 cm³/mol. The van der Waals surface area contributed by atoms with E-state index in [4.69, 9.17) is 0 Å². The molecule has 0 saturated heterocycles. The van der Waals surface area contributed by atoms with Gasteiger partial charge in [-0.3, -0.25) is 19.2 Å². The molecule has 2 rings (SSSR count). The Balaban J connectivity index is 1.43. The average Bonchev–Trinajstić information content (AvgIpc) is 3.75. The van der Waals surface area contributed by atoms with Gasteiger partial charge in [-0.1, -0.05) is 95.6 Å². The van der Waals surface area contributed by atoms with E-state index in [2.05, 4.69) is 41.4 Å². The number of carbonyl (C=O) groups is 4. The molecular weight excluding hydrogens is 590 g/mol. The second-order valence-electron chi connectivity index (χ2n) is 12.4. The number of rotatable bonds is 28. The van der Waals surface area contributed by atoms with Gasteiger partial charge in [0, 0.05) is 18.9 Å². The van der Waals surface area contributed by atoms with Crippen LogP contribution in [0.25, 0.3) is 0 Å². The number of aromatic nitrogens is 4. The fourth-order valence-corrected chi connectivity index (χ4v) is 5.53. The molecule has 46 heavy (non-hydrogen) atoms. The van der Waals surface area contributed by atoms with Crippen LogP contribution in [0.4, 0.5) is 0 Å². The van der Waals surface area contributed by atoms with Gasteiger partial charge < -0.3 is 15.3 Å². The number of carboxylic acids is 1. The van der Waals surface area contributed by atoms with Gasteiger partial charge in [0.15, 0.2) is 5.82 Å². The van der Waals surface area contributed by atoms with Crippen LogP contribution in [0.5, 0.6) is 0 Å². The molecule has 0 spiro atoms. The molecule has 14 nitrogen and oxygen atoms in total. The topological polar surface area (TPSA) is 195 Å². The van der Waals surface area contributed by atoms with Gasteiger partial charge in [0.1, 0.15) is 25.4 Å². The van der Waals surface area contributed by atoms with Crippen LogP contribution >= 0.6 is 0 Å². The Labute approximate surface area is 273 Å². The van der Waals surface area contributed by atoms with Crippen LogP contribution in [0.15, 0.2) is 15.4 Å². The first-order valence-corrected chi connectivity index (χ1v) is 17.2. The SMILES string of the molecule is CC(=O)[C@@H](C)CCCCNC(=O)CN(CC(=O)O)C(=O)CCCCCCCCCCCCCCCC(C1=NN=NC1)c1nn[nH]n1. The Morgan fingerprint density at radius 1 is 0.848 bits per heavy atom. The van der Waals surface area contributed by atoms with Crippen LogP contribution in [0.3, 0.4) is 0 Å². The molecule has 1 unspecified atom stereocenters. The van der Waals surface area contributed by atoms with E-state index in [0.717, 1.165) is 62.0 Å². The molecule has 3 N–H and O–H groups in total. The van der Waals surface area contributed by atoms with E-state index >= 15 is 0 Å². The minimum absolute atomic E-state index is 0.0133. The average molecular weight is 646 g/mol. The number of ketones is 1. The number of nitrogens with zero attached hydrogens (tertiary/aromatic N) is 7. The van der Waals surface area contributed by atoms with Gasteiger partial charge >= 0.3 is 5.97 Å². The Kier molecular flexibility index (Phi) is 19.9. The summed E-state index contributed by atoms with van der Waals surface area (Å²) in [7, 11) is 0. The fraction of sp³-hybridized carbons (Fsp3) is 0.812. The van der Waals surface area contributed by atoms with Gasteiger partial charge in [0.25, 0.3) is 0 Å². The number of aromatic amines is 1. The maximum atomic E-state index is 12.6. The Morgan fingerprint density at radius 2 is 1.46 bits per heavy atom. The van der Waals surface area contributed by atoms with Gasteiger partial charge in [-0.2, -0.15) is 10.3 Å². The van der Waals surface area contributed by atoms with Crippen LogP contribution < -0.4 is 5.32 Å². The molecule has 0 saturated carbocycles. The summed E-state index contributed by atoms with van der Waals surface area (Å²) in [6.07, 6.45) is 18.2. The van der Waals surface area contributed by atoms with Gasteiger partial charge in [-0.05, 0) is 37.8 Å². The molecule has 0 radical (unpaired) electrons. The maximum Gasteiger partial charge on any atom is 0.323 e. The van der Waals surface area contributed by atoms with Gasteiger partial charge in [-0.15, -0.1) is 15.3 Å². The largest absolute Gasteiger partial charge is 0.480 e. The summed E-state index contributed by atoms with van der Waals surface area (Å²) in [5.74, 6) is -0.911. The third kappa shape index (κ3) is 17.2. The number of tetrazole rings is 1. The van der Waals surface area contributed by atoms with Gasteiger partial charge in [0.2, 0.25) is 11.8 Å². The molecule has 1 aromatic rings. The lowest BCUT2D eigenvalue weighted by atomic mass is 9.94. The number of hydrogen-bond donors (Lipinski definition) is 3. The Bertz CT molecular complexity index is 1090. The number of amides is 2. The highest BCUT2D eigenvalue weighted by Crippen LogP contribution is 2.23. The summed E-state index contributed by atoms with van der Waals surface area (Å²) < 4.78 is 0. The lowest BCUT2D eigenvalue weighted by Crippen LogP contribution is -2.43. The van der Waals surface area contributed by atoms with E-state index in [9.17, 15) is 24.3 Å². The first kappa shape index (κ1) is 38.6. The van der Waals surface area contributed by atoms with E-state index < -0.39 is 12.5 Å². The molecule has 2 amide bonds. The zero-order valence-corrected chi connectivity index (χ0v) is 27.9. The molecular formula is C32H55N9O5. The van der Waals surface area contributed by atoms with Crippen molar-refractivity contribution in [2.24, 2.45) is 21.4 Å². The molecule has 1 aromatic heterocycles. The van der Waals surface area contributed by atoms with Crippen molar-refractivity contribution < 1.29 is 24.3 Å². The van der Waals surface area contributed by atoms with E-state index in [-0.39, 0.29) is 42.4 Å². The van der Waals surface area contributed by atoms with Crippen molar-refractivity contribution >= 4 is 29.3 Å². The molecule has 0 fully saturated rings. The summed E-state index contributed by atoms with van der Waals surface area (Å²) in [5.41, 5.74) is 0.912. The third-order valence-corrected chi connectivity index (χ3v) is 8.52. The van der Waals surface area contributed by atoms with E-state index in [0.29, 0.717) is 25.3 Å². The Morgan fingerprint density at radius 3 is 2.00 bits per heavy atom. The van der Waals surface area contributed by atoms with Crippen molar-refractivity contribution in [3.63, 3.8) is 0 Å². The van der Waals surface area contributed by atoms with Crippen LogP contribution in [0.2, 0.25) is 0 Å². The zero-order valence-electron chi connectivity index (χ0n) is 27.9. The van der Waals surface area contributed by atoms with Crippen molar-refractivity contribution in [2.75, 3.05) is 26.2 Å². The van der Waals surface area contributed by atoms with Gasteiger partial charge in [-0.25, -0.2) is 0 Å². The van der Waals surface area contributed by atoms with Gasteiger partial charge in [0.05, 0.1) is 11.6 Å². The Hall–Kier alpha value is -3.58. The number of nitrogens with one attached hydrogen (secondary N) is 2. The van der Waals surface area contributed by atoms with Crippen molar-refractivity contribution in [1.82, 2.24) is 30.8 Å². The lowest BCUT2D eigenvalue weighted by molar-refractivity contribution is -0.146. The quantitative estimate of drug-likeness (QED) is 0.101. The molecule has 258 valence electrons. The number of Topliss-reactive ketones (excluding diaryl/α,β-unsaturated/α-hetero) is 1. The molecule has 14 heteroatoms. The number of unbranched alkanes of at least 4 members (excludes halogenated alkanes) is 13. The van der Waals surface area contributed by atoms with Crippen molar-refractivity contribution in [2.45, 2.75) is 135 Å². The first-order chi connectivity index (χ1) is 22.3. The highest BCUT2D eigenvalue weighted by Gasteiger charge is 2.24. The molecule has 1 aliphatic rings. The molecule has 0 aromatic carbocycles. The first-order valence-electron chi connectivity index (χ1n) is 17.2. The number of carbonyl (C=O) groups excluding carboxylic acids is 3. The number of hydrogen-bond acceptors (Lipinski definition) is 10. The number of carboxylic acid groups (broad SMARTS) is 1. The summed E-state index contributed by atoms with van der Waals surface area (Å²) in [4.78, 5) is 48.6. The zero-order chi connectivity index (χ0) is 33.4. The highest BCUT2D eigenvalue weighted by molar-refractivity contribution is 5.92. The van der Waals surface area contributed by atoms with Crippen LogP contribution in [-0.2, 0) is 19.2 Å².